The van der Waals surface area contributed by atoms with Gasteiger partial charge in [-0.2, -0.15) is 0 Å². The molecule has 7 nitrogen and oxygen atoms in total. The third-order valence-corrected chi connectivity index (χ3v) is 3.93. The smallest absolute Gasteiger partial charge is 0.335 e. The second-order valence-electron chi connectivity index (χ2n) is 3.87. The summed E-state index contributed by atoms with van der Waals surface area (Å²) in [5.74, 6) is -0.927. The van der Waals surface area contributed by atoms with Crippen LogP contribution in [0.5, 0.6) is 5.75 Å². The molecule has 0 aliphatic carbocycles. The minimum atomic E-state index is -3.80. The fraction of sp³-hybridized carbons (Fsp3) is 0.0833. The zero-order valence-corrected chi connectivity index (χ0v) is 11.3. The summed E-state index contributed by atoms with van der Waals surface area (Å²) in [5.41, 5.74) is 0.0196. The summed E-state index contributed by atoms with van der Waals surface area (Å²) in [6.07, 6.45) is 2.79. The number of ether oxygens (including phenoxy) is 1. The number of carboxylic acids is 1. The molecule has 0 spiro atoms. The fourth-order valence-electron chi connectivity index (χ4n) is 1.60. The molecule has 0 saturated heterocycles. The number of carbonyl (C=O) groups is 1. The summed E-state index contributed by atoms with van der Waals surface area (Å²) in [6.45, 7) is 0. The molecule has 0 fully saturated rings. The standard InChI is InChI=1S/C12H12N2O5S/c1-19-11-3-2-8(12(15)16)6-10(11)14-20(17,18)9-4-5-13-7-9/h2-7,13-14H,1H3,(H,15,16). The maximum absolute atomic E-state index is 12.1. The van der Waals surface area contributed by atoms with E-state index in [1.165, 1.54) is 43.8 Å². The van der Waals surface area contributed by atoms with Gasteiger partial charge in [-0.15, -0.1) is 0 Å². The first-order chi connectivity index (χ1) is 9.44. The largest absolute Gasteiger partial charge is 0.495 e. The molecule has 0 unspecified atom stereocenters. The molecule has 20 heavy (non-hydrogen) atoms. The number of benzene rings is 1. The number of methoxy groups -OCH3 is 1. The number of anilines is 1. The van der Waals surface area contributed by atoms with E-state index in [1.54, 1.807) is 0 Å². The first-order valence-electron chi connectivity index (χ1n) is 5.51. The van der Waals surface area contributed by atoms with Crippen molar-refractivity contribution in [2.75, 3.05) is 11.8 Å². The quantitative estimate of drug-likeness (QED) is 0.775. The summed E-state index contributed by atoms with van der Waals surface area (Å²) in [5, 5.41) is 8.93. The number of nitrogens with one attached hydrogen (secondary N) is 2. The van der Waals surface area contributed by atoms with Gasteiger partial charge in [-0.05, 0) is 24.3 Å². The van der Waals surface area contributed by atoms with Crippen molar-refractivity contribution in [3.05, 3.63) is 42.2 Å². The van der Waals surface area contributed by atoms with E-state index in [0.717, 1.165) is 0 Å². The first kappa shape index (κ1) is 13.9. The van der Waals surface area contributed by atoms with Crippen LogP contribution in [0.3, 0.4) is 0 Å². The van der Waals surface area contributed by atoms with Crippen molar-refractivity contribution < 1.29 is 23.1 Å². The van der Waals surface area contributed by atoms with Gasteiger partial charge in [0.25, 0.3) is 10.0 Å². The van der Waals surface area contributed by atoms with Gasteiger partial charge in [-0.3, -0.25) is 4.72 Å². The average Bonchev–Trinajstić information content (AvgIpc) is 2.92. The highest BCUT2D eigenvalue weighted by molar-refractivity contribution is 7.92. The number of carboxylic acid groups (broad SMARTS) is 1. The van der Waals surface area contributed by atoms with Crippen molar-refractivity contribution in [1.82, 2.24) is 4.98 Å². The molecule has 1 aromatic heterocycles. The van der Waals surface area contributed by atoms with E-state index < -0.39 is 16.0 Å². The lowest BCUT2D eigenvalue weighted by Crippen LogP contribution is -2.13. The second kappa shape index (κ2) is 5.25. The normalized spacial score (nSPS) is 11.1. The van der Waals surface area contributed by atoms with Gasteiger partial charge in [0.05, 0.1) is 18.4 Å². The zero-order chi connectivity index (χ0) is 14.8. The van der Waals surface area contributed by atoms with Gasteiger partial charge in [0, 0.05) is 12.4 Å². The minimum Gasteiger partial charge on any atom is -0.495 e. The maximum atomic E-state index is 12.1. The van der Waals surface area contributed by atoms with Crippen LogP contribution in [0.15, 0.2) is 41.6 Å². The van der Waals surface area contributed by atoms with Crippen LogP contribution in [0.4, 0.5) is 5.69 Å². The number of hydrogen-bond donors (Lipinski definition) is 3. The maximum Gasteiger partial charge on any atom is 0.335 e. The molecule has 2 aromatic rings. The number of sulfonamides is 1. The Labute approximate surface area is 115 Å². The van der Waals surface area contributed by atoms with Crippen molar-refractivity contribution in [3.8, 4) is 5.75 Å². The number of rotatable bonds is 5. The first-order valence-corrected chi connectivity index (χ1v) is 6.99. The molecular weight excluding hydrogens is 284 g/mol. The molecule has 0 atom stereocenters. The summed E-state index contributed by atoms with van der Waals surface area (Å²) in [7, 11) is -2.43. The molecule has 106 valence electrons. The van der Waals surface area contributed by atoms with Crippen LogP contribution < -0.4 is 9.46 Å². The molecule has 1 heterocycles. The van der Waals surface area contributed by atoms with Crippen LogP contribution in [0.2, 0.25) is 0 Å². The van der Waals surface area contributed by atoms with Gasteiger partial charge in [-0.25, -0.2) is 13.2 Å². The summed E-state index contributed by atoms with van der Waals surface area (Å²) in [4.78, 5) is 13.6. The Morgan fingerprint density at radius 2 is 2.10 bits per heavy atom. The van der Waals surface area contributed by atoms with Crippen molar-refractivity contribution in [2.24, 2.45) is 0 Å². The van der Waals surface area contributed by atoms with E-state index >= 15 is 0 Å². The Balaban J connectivity index is 2.42. The van der Waals surface area contributed by atoms with Crippen LogP contribution in [-0.2, 0) is 10.0 Å². The van der Waals surface area contributed by atoms with Crippen LogP contribution in [0.1, 0.15) is 10.4 Å². The van der Waals surface area contributed by atoms with E-state index in [1.807, 2.05) is 0 Å². The SMILES string of the molecule is COc1ccc(C(=O)O)cc1NS(=O)(=O)c1cc[nH]c1. The van der Waals surface area contributed by atoms with E-state index in [-0.39, 0.29) is 21.9 Å². The lowest BCUT2D eigenvalue weighted by Gasteiger charge is -2.11. The number of aromatic carboxylic acids is 1. The van der Waals surface area contributed by atoms with Crippen molar-refractivity contribution >= 4 is 21.7 Å². The summed E-state index contributed by atoms with van der Waals surface area (Å²) < 4.78 is 31.5. The highest BCUT2D eigenvalue weighted by Gasteiger charge is 2.18. The third-order valence-electron chi connectivity index (χ3n) is 2.57. The second-order valence-corrected chi connectivity index (χ2v) is 5.55. The van der Waals surface area contributed by atoms with Crippen LogP contribution in [-0.4, -0.2) is 31.6 Å². The predicted molar refractivity (Wildman–Crippen MR) is 71.6 cm³/mol. The topological polar surface area (TPSA) is 108 Å². The molecular formula is C12H12N2O5S. The highest BCUT2D eigenvalue weighted by Crippen LogP contribution is 2.28. The molecule has 0 amide bonds. The van der Waals surface area contributed by atoms with Crippen LogP contribution >= 0.6 is 0 Å². The van der Waals surface area contributed by atoms with Crippen molar-refractivity contribution in [2.45, 2.75) is 4.90 Å². The number of aromatic amines is 1. The number of H-pyrrole nitrogens is 1. The fourth-order valence-corrected chi connectivity index (χ4v) is 2.64. The Hall–Kier alpha value is -2.48. The molecule has 3 N–H and O–H groups in total. The van der Waals surface area contributed by atoms with Gasteiger partial charge in [-0.1, -0.05) is 0 Å². The van der Waals surface area contributed by atoms with Gasteiger partial charge in [0.1, 0.15) is 10.6 Å². The predicted octanol–water partition coefficient (Wildman–Crippen LogP) is 1.52. The number of aromatic nitrogens is 1. The third kappa shape index (κ3) is 2.75. The zero-order valence-electron chi connectivity index (χ0n) is 10.5. The van der Waals surface area contributed by atoms with Crippen molar-refractivity contribution in [3.63, 3.8) is 0 Å². The average molecular weight is 296 g/mol. The Morgan fingerprint density at radius 3 is 2.65 bits per heavy atom. The Bertz CT molecular complexity index is 722. The van der Waals surface area contributed by atoms with E-state index in [2.05, 4.69) is 9.71 Å². The summed E-state index contributed by atoms with van der Waals surface area (Å²) >= 11 is 0. The van der Waals surface area contributed by atoms with E-state index in [4.69, 9.17) is 9.84 Å². The lowest BCUT2D eigenvalue weighted by atomic mass is 10.2. The molecule has 1 aromatic carbocycles. The number of hydrogen-bond acceptors (Lipinski definition) is 4. The van der Waals surface area contributed by atoms with Gasteiger partial charge < -0.3 is 14.8 Å². The molecule has 0 aliphatic heterocycles. The van der Waals surface area contributed by atoms with Crippen LogP contribution in [0.25, 0.3) is 0 Å². The van der Waals surface area contributed by atoms with Crippen LogP contribution in [0, 0.1) is 0 Å². The molecule has 8 heteroatoms. The highest BCUT2D eigenvalue weighted by atomic mass is 32.2. The minimum absolute atomic E-state index is 0.0419. The molecule has 0 saturated carbocycles. The monoisotopic (exact) mass is 296 g/mol. The lowest BCUT2D eigenvalue weighted by molar-refractivity contribution is 0.0697. The summed E-state index contributed by atoms with van der Waals surface area (Å²) in [6, 6.07) is 5.30. The van der Waals surface area contributed by atoms with Gasteiger partial charge >= 0.3 is 5.97 Å². The molecule has 0 aliphatic rings. The molecule has 0 bridgehead atoms. The van der Waals surface area contributed by atoms with E-state index in [9.17, 15) is 13.2 Å². The van der Waals surface area contributed by atoms with Gasteiger partial charge in [0.2, 0.25) is 0 Å². The Morgan fingerprint density at radius 1 is 1.35 bits per heavy atom. The van der Waals surface area contributed by atoms with Gasteiger partial charge in [0.15, 0.2) is 0 Å². The molecule has 0 radical (unpaired) electrons. The van der Waals surface area contributed by atoms with E-state index in [0.29, 0.717) is 0 Å². The van der Waals surface area contributed by atoms with Crippen molar-refractivity contribution in [1.29, 1.82) is 0 Å². The Kier molecular flexibility index (Phi) is 3.66. The molecule has 2 rings (SSSR count).